The minimum Gasteiger partial charge on any atom is -0.505 e. The van der Waals surface area contributed by atoms with E-state index < -0.39 is 0 Å². The standard InChI is InChI=1S/C13H7Br2Cl2NO2/c14-7-1-6(2-8(15)3-7)13(20)18-9-4-10(16)12(19)11(17)5-9/h1-5,19H,(H,18,20). The maximum Gasteiger partial charge on any atom is 0.255 e. The molecule has 0 heterocycles. The Kier molecular flexibility index (Phi) is 4.96. The third-order valence-corrected chi connectivity index (χ3v) is 3.89. The number of nitrogens with one attached hydrogen (secondary N) is 1. The summed E-state index contributed by atoms with van der Waals surface area (Å²) in [4.78, 5) is 12.1. The number of carbonyl (C=O) groups is 1. The number of phenolic OH excluding ortho intramolecular Hbond substituents is 1. The minimum atomic E-state index is -0.315. The Hall–Kier alpha value is -0.750. The van der Waals surface area contributed by atoms with Gasteiger partial charge in [-0.3, -0.25) is 4.79 Å². The van der Waals surface area contributed by atoms with Gasteiger partial charge in [0.15, 0.2) is 5.75 Å². The highest BCUT2D eigenvalue weighted by molar-refractivity contribution is 9.11. The van der Waals surface area contributed by atoms with Crippen LogP contribution in [0.2, 0.25) is 10.0 Å². The second-order valence-electron chi connectivity index (χ2n) is 3.90. The van der Waals surface area contributed by atoms with Crippen LogP contribution in [0.3, 0.4) is 0 Å². The van der Waals surface area contributed by atoms with E-state index in [2.05, 4.69) is 37.2 Å². The normalized spacial score (nSPS) is 10.4. The Morgan fingerprint density at radius 2 is 1.50 bits per heavy atom. The maximum atomic E-state index is 12.1. The zero-order valence-corrected chi connectivity index (χ0v) is 14.4. The van der Waals surface area contributed by atoms with E-state index in [9.17, 15) is 9.90 Å². The van der Waals surface area contributed by atoms with Crippen molar-refractivity contribution in [1.29, 1.82) is 0 Å². The molecule has 0 saturated heterocycles. The van der Waals surface area contributed by atoms with E-state index in [4.69, 9.17) is 23.2 Å². The summed E-state index contributed by atoms with van der Waals surface area (Å²) in [7, 11) is 0. The van der Waals surface area contributed by atoms with Crippen LogP contribution in [-0.4, -0.2) is 11.0 Å². The first-order valence-electron chi connectivity index (χ1n) is 5.32. The van der Waals surface area contributed by atoms with Crippen LogP contribution in [-0.2, 0) is 0 Å². The highest BCUT2D eigenvalue weighted by Gasteiger charge is 2.11. The second kappa shape index (κ2) is 6.35. The molecule has 0 bridgehead atoms. The average Bonchev–Trinajstić information content (AvgIpc) is 2.34. The molecular formula is C13H7Br2Cl2NO2. The monoisotopic (exact) mass is 437 g/mol. The molecule has 0 aliphatic carbocycles. The number of carbonyl (C=O) groups excluding carboxylic acids is 1. The molecule has 2 aromatic carbocycles. The quantitative estimate of drug-likeness (QED) is 0.609. The van der Waals surface area contributed by atoms with Gasteiger partial charge in [0.1, 0.15) is 0 Å². The van der Waals surface area contributed by atoms with Gasteiger partial charge in [0, 0.05) is 20.2 Å². The molecule has 0 radical (unpaired) electrons. The summed E-state index contributed by atoms with van der Waals surface area (Å²) in [5.74, 6) is -0.527. The summed E-state index contributed by atoms with van der Waals surface area (Å²) < 4.78 is 1.55. The fourth-order valence-corrected chi connectivity index (χ4v) is 3.31. The third-order valence-electron chi connectivity index (χ3n) is 2.40. The van der Waals surface area contributed by atoms with Gasteiger partial charge in [-0.25, -0.2) is 0 Å². The van der Waals surface area contributed by atoms with Crippen LogP contribution in [0.1, 0.15) is 10.4 Å². The SMILES string of the molecule is O=C(Nc1cc(Cl)c(O)c(Cl)c1)c1cc(Br)cc(Br)c1. The van der Waals surface area contributed by atoms with Crippen LogP contribution in [0.25, 0.3) is 0 Å². The van der Waals surface area contributed by atoms with Gasteiger partial charge < -0.3 is 10.4 Å². The molecule has 7 heteroatoms. The molecule has 20 heavy (non-hydrogen) atoms. The number of hydrogen-bond acceptors (Lipinski definition) is 2. The Bertz CT molecular complexity index is 649. The van der Waals surface area contributed by atoms with Gasteiger partial charge in [-0.15, -0.1) is 0 Å². The number of amides is 1. The lowest BCUT2D eigenvalue weighted by atomic mass is 10.2. The number of hydrogen-bond donors (Lipinski definition) is 2. The summed E-state index contributed by atoms with van der Waals surface area (Å²) in [5.41, 5.74) is 0.866. The molecule has 0 aliphatic rings. The summed E-state index contributed by atoms with van der Waals surface area (Å²) in [6.07, 6.45) is 0. The Morgan fingerprint density at radius 1 is 1.00 bits per heavy atom. The number of halogens is 4. The van der Waals surface area contributed by atoms with Crippen LogP contribution < -0.4 is 5.32 Å². The molecule has 2 rings (SSSR count). The minimum absolute atomic E-state index is 0.0724. The summed E-state index contributed by atoms with van der Waals surface area (Å²) in [6, 6.07) is 8.04. The van der Waals surface area contributed by atoms with Crippen molar-refractivity contribution in [2.45, 2.75) is 0 Å². The zero-order chi connectivity index (χ0) is 14.9. The van der Waals surface area contributed by atoms with Crippen molar-refractivity contribution in [3.8, 4) is 5.75 Å². The van der Waals surface area contributed by atoms with Crippen molar-refractivity contribution in [2.75, 3.05) is 5.32 Å². The molecule has 0 aromatic heterocycles. The van der Waals surface area contributed by atoms with Gasteiger partial charge in [-0.2, -0.15) is 0 Å². The smallest absolute Gasteiger partial charge is 0.255 e. The molecule has 0 spiro atoms. The molecule has 0 saturated carbocycles. The molecule has 0 unspecified atom stereocenters. The Labute approximate surface area is 142 Å². The predicted molar refractivity (Wildman–Crippen MR) is 87.9 cm³/mol. The lowest BCUT2D eigenvalue weighted by Crippen LogP contribution is -2.11. The van der Waals surface area contributed by atoms with Crippen molar-refractivity contribution in [2.24, 2.45) is 0 Å². The van der Waals surface area contributed by atoms with E-state index in [1.54, 1.807) is 12.1 Å². The van der Waals surface area contributed by atoms with Gasteiger partial charge in [0.05, 0.1) is 10.0 Å². The fourth-order valence-electron chi connectivity index (χ4n) is 1.53. The van der Waals surface area contributed by atoms with Crippen molar-refractivity contribution < 1.29 is 9.90 Å². The lowest BCUT2D eigenvalue weighted by molar-refractivity contribution is 0.102. The lowest BCUT2D eigenvalue weighted by Gasteiger charge is -2.08. The molecule has 1 amide bonds. The first-order valence-corrected chi connectivity index (χ1v) is 7.66. The van der Waals surface area contributed by atoms with Gasteiger partial charge in [-0.05, 0) is 30.3 Å². The van der Waals surface area contributed by atoms with Gasteiger partial charge in [0.25, 0.3) is 5.91 Å². The fraction of sp³-hybridized carbons (Fsp3) is 0. The zero-order valence-electron chi connectivity index (χ0n) is 9.75. The van der Waals surface area contributed by atoms with E-state index in [-0.39, 0.29) is 21.7 Å². The van der Waals surface area contributed by atoms with Crippen LogP contribution >= 0.6 is 55.1 Å². The van der Waals surface area contributed by atoms with Crippen molar-refractivity contribution >= 4 is 66.7 Å². The van der Waals surface area contributed by atoms with Crippen LogP contribution in [0.4, 0.5) is 5.69 Å². The largest absolute Gasteiger partial charge is 0.505 e. The Balaban J connectivity index is 2.28. The molecular weight excluding hydrogens is 433 g/mol. The van der Waals surface area contributed by atoms with E-state index in [1.807, 2.05) is 6.07 Å². The third kappa shape index (κ3) is 3.67. The number of anilines is 1. The highest BCUT2D eigenvalue weighted by atomic mass is 79.9. The van der Waals surface area contributed by atoms with E-state index in [0.717, 1.165) is 8.95 Å². The molecule has 3 nitrogen and oxygen atoms in total. The predicted octanol–water partition coefficient (Wildman–Crippen LogP) is 5.48. The number of phenols is 1. The van der Waals surface area contributed by atoms with Crippen LogP contribution in [0, 0.1) is 0 Å². The van der Waals surface area contributed by atoms with Crippen molar-refractivity contribution in [3.05, 3.63) is 54.9 Å². The van der Waals surface area contributed by atoms with E-state index in [0.29, 0.717) is 11.3 Å². The molecule has 0 fully saturated rings. The number of aromatic hydroxyl groups is 1. The van der Waals surface area contributed by atoms with Gasteiger partial charge in [0.2, 0.25) is 0 Å². The van der Waals surface area contributed by atoms with E-state index in [1.165, 1.54) is 12.1 Å². The van der Waals surface area contributed by atoms with Gasteiger partial charge >= 0.3 is 0 Å². The summed E-state index contributed by atoms with van der Waals surface area (Å²) in [5, 5.41) is 12.3. The summed E-state index contributed by atoms with van der Waals surface area (Å²) >= 11 is 18.2. The number of benzene rings is 2. The van der Waals surface area contributed by atoms with E-state index >= 15 is 0 Å². The Morgan fingerprint density at radius 3 is 2.00 bits per heavy atom. The maximum absolute atomic E-state index is 12.1. The van der Waals surface area contributed by atoms with Crippen molar-refractivity contribution in [3.63, 3.8) is 0 Å². The molecule has 0 aliphatic heterocycles. The van der Waals surface area contributed by atoms with Gasteiger partial charge in [-0.1, -0.05) is 55.1 Å². The molecule has 2 aromatic rings. The van der Waals surface area contributed by atoms with Crippen LogP contribution in [0.5, 0.6) is 5.75 Å². The molecule has 0 atom stereocenters. The average molecular weight is 440 g/mol. The molecule has 104 valence electrons. The molecule has 2 N–H and O–H groups in total. The van der Waals surface area contributed by atoms with Crippen LogP contribution in [0.15, 0.2) is 39.3 Å². The second-order valence-corrected chi connectivity index (χ2v) is 6.55. The highest BCUT2D eigenvalue weighted by Crippen LogP contribution is 2.34. The summed E-state index contributed by atoms with van der Waals surface area (Å²) in [6.45, 7) is 0. The first kappa shape index (κ1) is 15.6. The first-order chi connectivity index (χ1) is 9.36. The van der Waals surface area contributed by atoms with Crippen molar-refractivity contribution in [1.82, 2.24) is 0 Å². The number of rotatable bonds is 2. The topological polar surface area (TPSA) is 49.3 Å².